The molecule has 2 saturated carbocycles. The fourth-order valence-corrected chi connectivity index (χ4v) is 5.00. The first-order valence-electron chi connectivity index (χ1n) is 11.3. The van der Waals surface area contributed by atoms with Crippen molar-refractivity contribution in [1.82, 2.24) is 0 Å². The van der Waals surface area contributed by atoms with Crippen LogP contribution in [0.2, 0.25) is 0 Å². The molecule has 0 amide bonds. The molecule has 2 rings (SSSR count). The molecule has 0 spiro atoms. The topological polar surface area (TPSA) is 9.23 Å². The average Bonchev–Trinajstić information content (AvgIpc) is 2.65. The van der Waals surface area contributed by atoms with Crippen molar-refractivity contribution in [1.29, 1.82) is 0 Å². The second-order valence-corrected chi connectivity index (χ2v) is 8.66. The van der Waals surface area contributed by atoms with Crippen LogP contribution in [-0.2, 0) is 4.74 Å². The van der Waals surface area contributed by atoms with E-state index in [0.717, 1.165) is 44.1 Å². The van der Waals surface area contributed by atoms with Crippen LogP contribution in [0.5, 0.6) is 0 Å². The smallest absolute Gasteiger partial charge is 0.266 e. The molecule has 0 unspecified atom stereocenters. The lowest BCUT2D eigenvalue weighted by atomic mass is 9.70. The number of hydrogen-bond donors (Lipinski definition) is 0. The van der Waals surface area contributed by atoms with E-state index in [9.17, 15) is 8.78 Å². The van der Waals surface area contributed by atoms with Crippen molar-refractivity contribution in [2.24, 2.45) is 17.8 Å². The quantitative estimate of drug-likeness (QED) is 0.336. The van der Waals surface area contributed by atoms with E-state index in [4.69, 9.17) is 4.74 Å². The van der Waals surface area contributed by atoms with Crippen molar-refractivity contribution < 1.29 is 13.5 Å². The summed E-state index contributed by atoms with van der Waals surface area (Å²) in [7, 11) is 0. The van der Waals surface area contributed by atoms with Gasteiger partial charge in [0, 0.05) is 6.61 Å². The summed E-state index contributed by atoms with van der Waals surface area (Å²) in [6, 6.07) is 0. The molecule has 0 aromatic carbocycles. The molecule has 3 heteroatoms. The van der Waals surface area contributed by atoms with Crippen LogP contribution < -0.4 is 0 Å². The number of ether oxygens (including phenoxy) is 1. The van der Waals surface area contributed by atoms with E-state index < -0.39 is 6.08 Å². The van der Waals surface area contributed by atoms with Crippen molar-refractivity contribution in [3.05, 3.63) is 12.2 Å². The normalized spacial score (nSPS) is 29.5. The molecule has 152 valence electrons. The molecule has 1 nitrogen and oxygen atoms in total. The molecule has 2 fully saturated rings. The van der Waals surface area contributed by atoms with E-state index in [1.807, 2.05) is 0 Å². The number of allylic oxidation sites excluding steroid dienone is 1. The van der Waals surface area contributed by atoms with E-state index in [2.05, 4.69) is 6.92 Å². The monoisotopic (exact) mass is 370 g/mol. The van der Waals surface area contributed by atoms with Crippen LogP contribution in [0, 0.1) is 17.8 Å². The van der Waals surface area contributed by atoms with Gasteiger partial charge >= 0.3 is 0 Å². The average molecular weight is 371 g/mol. The third-order valence-electron chi connectivity index (χ3n) is 6.67. The van der Waals surface area contributed by atoms with Crippen molar-refractivity contribution in [3.63, 3.8) is 0 Å². The lowest BCUT2D eigenvalue weighted by molar-refractivity contribution is 0.00590. The predicted molar refractivity (Wildman–Crippen MR) is 105 cm³/mol. The lowest BCUT2D eigenvalue weighted by Gasteiger charge is -2.37. The van der Waals surface area contributed by atoms with Gasteiger partial charge in [-0.05, 0) is 81.6 Å². The van der Waals surface area contributed by atoms with Crippen molar-refractivity contribution in [3.8, 4) is 0 Å². The van der Waals surface area contributed by atoms with Gasteiger partial charge in [-0.1, -0.05) is 45.4 Å². The molecule has 0 saturated heterocycles. The Bertz CT molecular complexity index is 376. The minimum atomic E-state index is -1.49. The van der Waals surface area contributed by atoms with Crippen LogP contribution in [0.15, 0.2) is 12.2 Å². The summed E-state index contributed by atoms with van der Waals surface area (Å²) < 4.78 is 30.9. The molecule has 0 bridgehead atoms. The Hall–Kier alpha value is -0.440. The highest BCUT2D eigenvalue weighted by Crippen LogP contribution is 2.41. The zero-order valence-electron chi connectivity index (χ0n) is 16.9. The molecule has 2 aliphatic carbocycles. The van der Waals surface area contributed by atoms with Gasteiger partial charge in [-0.2, -0.15) is 8.78 Å². The number of hydrogen-bond acceptors (Lipinski definition) is 1. The zero-order valence-corrected chi connectivity index (χ0v) is 16.9. The summed E-state index contributed by atoms with van der Waals surface area (Å²) in [6.45, 7) is 3.20. The number of rotatable bonds is 11. The summed E-state index contributed by atoms with van der Waals surface area (Å²) >= 11 is 0. The molecule has 0 aliphatic heterocycles. The van der Waals surface area contributed by atoms with Crippen LogP contribution in [0.3, 0.4) is 0 Å². The van der Waals surface area contributed by atoms with Crippen LogP contribution in [-0.4, -0.2) is 12.7 Å². The van der Waals surface area contributed by atoms with Crippen molar-refractivity contribution in [2.45, 2.75) is 109 Å². The molecule has 0 aromatic heterocycles. The molecular weight excluding hydrogens is 330 g/mol. The SMILES string of the molecule is CCCCCCCCCO[C@H]1CC[C@H]([C@H]2CC[C@H](C=C(F)F)CC2)CC1. The maximum atomic E-state index is 12.4. The molecular formula is C23H40F2O. The second kappa shape index (κ2) is 12.9. The maximum Gasteiger partial charge on any atom is 0.266 e. The van der Waals surface area contributed by atoms with Gasteiger partial charge in [0.05, 0.1) is 6.10 Å². The van der Waals surface area contributed by atoms with Crippen LogP contribution in [0.25, 0.3) is 0 Å². The first kappa shape index (κ1) is 21.9. The maximum absolute atomic E-state index is 12.4. The van der Waals surface area contributed by atoms with Gasteiger partial charge in [0.1, 0.15) is 0 Å². The van der Waals surface area contributed by atoms with Gasteiger partial charge in [0.15, 0.2) is 0 Å². The van der Waals surface area contributed by atoms with E-state index >= 15 is 0 Å². The van der Waals surface area contributed by atoms with Gasteiger partial charge < -0.3 is 4.74 Å². The van der Waals surface area contributed by atoms with Gasteiger partial charge in [0.2, 0.25) is 0 Å². The zero-order chi connectivity index (χ0) is 18.6. The largest absolute Gasteiger partial charge is 0.378 e. The van der Waals surface area contributed by atoms with Crippen molar-refractivity contribution >= 4 is 0 Å². The third-order valence-corrected chi connectivity index (χ3v) is 6.67. The van der Waals surface area contributed by atoms with Crippen LogP contribution in [0.1, 0.15) is 103 Å². The molecule has 0 N–H and O–H groups in total. The standard InChI is InChI=1S/C23H40F2O/c1-2-3-4-5-6-7-8-17-26-22-15-13-21(14-16-22)20-11-9-19(10-12-20)18-23(24)25/h18-22H,2-17H2,1H3/t19-,20-,21-,22-. The van der Waals surface area contributed by atoms with Crippen LogP contribution in [0.4, 0.5) is 8.78 Å². The van der Waals surface area contributed by atoms with E-state index in [-0.39, 0.29) is 5.92 Å². The summed E-state index contributed by atoms with van der Waals surface area (Å²) in [5.41, 5.74) is 0. The van der Waals surface area contributed by atoms with Crippen LogP contribution >= 0.6 is 0 Å². The van der Waals surface area contributed by atoms with Crippen molar-refractivity contribution in [2.75, 3.05) is 6.61 Å². The van der Waals surface area contributed by atoms with Gasteiger partial charge in [-0.3, -0.25) is 0 Å². The Balaban J connectivity index is 1.50. The van der Waals surface area contributed by atoms with E-state index in [0.29, 0.717) is 6.10 Å². The Kier molecular flexibility index (Phi) is 10.8. The fraction of sp³-hybridized carbons (Fsp3) is 0.913. The predicted octanol–water partition coefficient (Wildman–Crippen LogP) is 7.90. The Morgan fingerprint density at radius 2 is 1.31 bits per heavy atom. The molecule has 26 heavy (non-hydrogen) atoms. The summed E-state index contributed by atoms with van der Waals surface area (Å²) in [6.07, 6.45) is 18.7. The van der Waals surface area contributed by atoms with Gasteiger partial charge in [-0.15, -0.1) is 0 Å². The summed E-state index contributed by atoms with van der Waals surface area (Å²) in [5.74, 6) is 1.71. The number of unbranched alkanes of at least 4 members (excludes halogenated alkanes) is 6. The molecule has 0 atom stereocenters. The molecule has 0 radical (unpaired) electrons. The Morgan fingerprint density at radius 1 is 0.769 bits per heavy atom. The van der Waals surface area contributed by atoms with E-state index in [1.165, 1.54) is 76.7 Å². The second-order valence-electron chi connectivity index (χ2n) is 8.66. The van der Waals surface area contributed by atoms with E-state index in [1.54, 1.807) is 0 Å². The molecule has 0 heterocycles. The summed E-state index contributed by atoms with van der Waals surface area (Å²) in [5, 5.41) is 0. The molecule has 2 aliphatic rings. The van der Waals surface area contributed by atoms with Gasteiger partial charge in [0.25, 0.3) is 6.08 Å². The highest BCUT2D eigenvalue weighted by molar-refractivity contribution is 4.92. The minimum absolute atomic E-state index is 0.123. The summed E-state index contributed by atoms with van der Waals surface area (Å²) in [4.78, 5) is 0. The Morgan fingerprint density at radius 3 is 1.88 bits per heavy atom. The minimum Gasteiger partial charge on any atom is -0.378 e. The fourth-order valence-electron chi connectivity index (χ4n) is 5.00. The van der Waals surface area contributed by atoms with Gasteiger partial charge in [-0.25, -0.2) is 0 Å². The third kappa shape index (κ3) is 8.50. The first-order valence-corrected chi connectivity index (χ1v) is 11.3. The first-order chi connectivity index (χ1) is 12.7. The highest BCUT2D eigenvalue weighted by Gasteiger charge is 2.30. The highest BCUT2D eigenvalue weighted by atomic mass is 19.3. The molecule has 0 aromatic rings. The lowest BCUT2D eigenvalue weighted by Crippen LogP contribution is -2.28. The number of halogens is 2. The Labute approximate surface area is 160 Å².